The zero-order valence-electron chi connectivity index (χ0n) is 32.9. The first-order chi connectivity index (χ1) is 26.5. The van der Waals surface area contributed by atoms with Crippen LogP contribution in [0.15, 0.2) is 0 Å². The summed E-state index contributed by atoms with van der Waals surface area (Å²) < 4.78 is 28.7. The molecule has 0 aromatic carbocycles. The number of carbonyl (C=O) groups is 4. The SMILES string of the molecule is C#COC1CCC(C(=O)O)C(C(=O)OC2CCC(C(C)(C(=O)OC)C3CCC(OOCC4CC(OCCOC5CCCCC5)CCC4C(=O)O)CC3)CC2)C1. The van der Waals surface area contributed by atoms with Gasteiger partial charge in [0, 0.05) is 5.92 Å². The Hall–Kier alpha value is -2.92. The van der Waals surface area contributed by atoms with Gasteiger partial charge >= 0.3 is 23.9 Å². The number of ether oxygens (including phenoxy) is 5. The molecule has 5 aliphatic carbocycles. The number of hydrogen-bond donors (Lipinski definition) is 2. The fourth-order valence-corrected chi connectivity index (χ4v) is 10.3. The summed E-state index contributed by atoms with van der Waals surface area (Å²) in [6.45, 7) is 3.25. The van der Waals surface area contributed by atoms with Crippen molar-refractivity contribution in [1.82, 2.24) is 0 Å². The molecule has 0 radical (unpaired) electrons. The second-order valence-corrected chi connectivity index (χ2v) is 16.9. The molecule has 7 atom stereocenters. The molecule has 0 spiro atoms. The number of carboxylic acids is 2. The molecule has 5 rings (SSSR count). The van der Waals surface area contributed by atoms with E-state index in [9.17, 15) is 29.4 Å². The van der Waals surface area contributed by atoms with E-state index in [1.54, 1.807) is 0 Å². The molecule has 0 saturated heterocycles. The minimum atomic E-state index is -1.02. The van der Waals surface area contributed by atoms with E-state index < -0.39 is 41.1 Å². The van der Waals surface area contributed by atoms with Crippen molar-refractivity contribution >= 4 is 23.9 Å². The van der Waals surface area contributed by atoms with Gasteiger partial charge in [-0.1, -0.05) is 25.7 Å². The van der Waals surface area contributed by atoms with Crippen LogP contribution >= 0.6 is 0 Å². The molecule has 310 valence electrons. The van der Waals surface area contributed by atoms with Crippen molar-refractivity contribution in [2.75, 3.05) is 26.9 Å². The maximum atomic E-state index is 13.5. The Labute approximate surface area is 326 Å². The van der Waals surface area contributed by atoms with Crippen LogP contribution in [-0.4, -0.2) is 91.5 Å². The van der Waals surface area contributed by atoms with Crippen LogP contribution in [0.2, 0.25) is 0 Å². The molecule has 13 nitrogen and oxygen atoms in total. The van der Waals surface area contributed by atoms with Gasteiger partial charge in [0.1, 0.15) is 18.3 Å². The standard InChI is InChI=1S/C42H64O13/c1-4-50-34-19-21-36(39(45)46)37(25-34)40(47)54-31-14-10-28(11-15-31)42(2,41(48)49-3)29-12-16-32(17-13-29)55-53-26-27-24-33(18-20-35(27)38(43)44)52-23-22-51-30-8-6-5-7-9-30/h1,27-37H,5-26H2,2-3H3,(H,43,44)(H,45,46). The summed E-state index contributed by atoms with van der Waals surface area (Å²) in [6.07, 6.45) is 21.0. The summed E-state index contributed by atoms with van der Waals surface area (Å²) in [5.41, 5.74) is -0.736. The largest absolute Gasteiger partial charge is 0.481 e. The highest BCUT2D eigenvalue weighted by Gasteiger charge is 2.51. The normalized spacial score (nSPS) is 34.3. The Balaban J connectivity index is 1.06. The summed E-state index contributed by atoms with van der Waals surface area (Å²) in [7, 11) is 1.42. The maximum absolute atomic E-state index is 13.5. The fourth-order valence-electron chi connectivity index (χ4n) is 10.3. The highest BCUT2D eigenvalue weighted by molar-refractivity contribution is 5.81. The number of aliphatic carboxylic acids is 2. The van der Waals surface area contributed by atoms with Crippen molar-refractivity contribution in [2.24, 2.45) is 40.9 Å². The third-order valence-electron chi connectivity index (χ3n) is 13.7. The molecule has 5 fully saturated rings. The number of esters is 2. The van der Waals surface area contributed by atoms with E-state index in [1.807, 2.05) is 6.92 Å². The quantitative estimate of drug-likeness (QED) is 0.0540. The molecule has 5 saturated carbocycles. The smallest absolute Gasteiger partial charge is 0.312 e. The molecule has 0 heterocycles. The highest BCUT2D eigenvalue weighted by atomic mass is 17.2. The van der Waals surface area contributed by atoms with Crippen LogP contribution in [0.3, 0.4) is 0 Å². The Kier molecular flexibility index (Phi) is 16.5. The zero-order valence-corrected chi connectivity index (χ0v) is 32.9. The molecule has 7 unspecified atom stereocenters. The molecule has 0 aromatic heterocycles. The Morgan fingerprint density at radius 3 is 1.82 bits per heavy atom. The Bertz CT molecular complexity index is 1290. The van der Waals surface area contributed by atoms with Crippen molar-refractivity contribution in [3.8, 4) is 12.5 Å². The maximum Gasteiger partial charge on any atom is 0.312 e. The van der Waals surface area contributed by atoms with Crippen molar-refractivity contribution in [1.29, 1.82) is 0 Å². The topological polar surface area (TPSA) is 173 Å². The number of carbonyl (C=O) groups excluding carboxylic acids is 2. The van der Waals surface area contributed by atoms with Crippen molar-refractivity contribution in [3.63, 3.8) is 0 Å². The van der Waals surface area contributed by atoms with E-state index in [0.29, 0.717) is 89.9 Å². The molecule has 2 N–H and O–H groups in total. The Morgan fingerprint density at radius 2 is 1.22 bits per heavy atom. The minimum absolute atomic E-state index is 0.0247. The fraction of sp³-hybridized carbons (Fsp3) is 0.857. The number of methoxy groups -OCH3 is 1. The first kappa shape index (κ1) is 43.2. The van der Waals surface area contributed by atoms with Gasteiger partial charge in [0.25, 0.3) is 0 Å². The molecule has 0 aromatic rings. The average molecular weight is 777 g/mol. The lowest BCUT2D eigenvalue weighted by Crippen LogP contribution is -2.47. The van der Waals surface area contributed by atoms with E-state index in [2.05, 4.69) is 6.11 Å². The van der Waals surface area contributed by atoms with E-state index in [4.69, 9.17) is 39.9 Å². The van der Waals surface area contributed by atoms with Crippen LogP contribution in [0.4, 0.5) is 0 Å². The number of hydrogen-bond acceptors (Lipinski definition) is 11. The van der Waals surface area contributed by atoms with Gasteiger partial charge in [0.2, 0.25) is 0 Å². The predicted molar refractivity (Wildman–Crippen MR) is 198 cm³/mol. The van der Waals surface area contributed by atoms with Crippen molar-refractivity contribution < 1.29 is 62.9 Å². The number of terminal acetylenes is 1. The van der Waals surface area contributed by atoms with Gasteiger partial charge < -0.3 is 33.9 Å². The van der Waals surface area contributed by atoms with Crippen LogP contribution in [0.1, 0.15) is 129 Å². The van der Waals surface area contributed by atoms with Crippen LogP contribution in [0.25, 0.3) is 0 Å². The van der Waals surface area contributed by atoms with Crippen LogP contribution in [-0.2, 0) is 52.6 Å². The molecule has 0 aliphatic heterocycles. The molecule has 5 aliphatic rings. The van der Waals surface area contributed by atoms with E-state index in [0.717, 1.165) is 25.7 Å². The molecule has 13 heteroatoms. The summed E-state index contributed by atoms with van der Waals surface area (Å²) in [5, 5.41) is 19.6. The van der Waals surface area contributed by atoms with Gasteiger partial charge in [-0.05, 0) is 121 Å². The summed E-state index contributed by atoms with van der Waals surface area (Å²) in [4.78, 5) is 62.3. The summed E-state index contributed by atoms with van der Waals surface area (Å²) in [5.74, 6) is -4.91. The number of carboxylic acid groups (broad SMARTS) is 2. The molecule has 0 amide bonds. The third kappa shape index (κ3) is 11.6. The second kappa shape index (κ2) is 21.0. The lowest BCUT2D eigenvalue weighted by Gasteiger charge is -2.46. The van der Waals surface area contributed by atoms with Gasteiger partial charge in [0.15, 0.2) is 0 Å². The molecule has 55 heavy (non-hydrogen) atoms. The van der Waals surface area contributed by atoms with Crippen LogP contribution < -0.4 is 0 Å². The van der Waals surface area contributed by atoms with E-state index >= 15 is 0 Å². The van der Waals surface area contributed by atoms with Gasteiger partial charge in [0.05, 0.1) is 68.4 Å². The van der Waals surface area contributed by atoms with Crippen molar-refractivity contribution in [3.05, 3.63) is 0 Å². The van der Waals surface area contributed by atoms with Gasteiger partial charge in [-0.15, -0.1) is 0 Å². The summed E-state index contributed by atoms with van der Waals surface area (Å²) >= 11 is 0. The van der Waals surface area contributed by atoms with E-state index in [-0.39, 0.29) is 61.2 Å². The van der Waals surface area contributed by atoms with Crippen LogP contribution in [0, 0.1) is 53.5 Å². The van der Waals surface area contributed by atoms with Gasteiger partial charge in [-0.3, -0.25) is 19.2 Å². The minimum Gasteiger partial charge on any atom is -0.481 e. The third-order valence-corrected chi connectivity index (χ3v) is 13.7. The zero-order chi connectivity index (χ0) is 39.4. The highest BCUT2D eigenvalue weighted by Crippen LogP contribution is 2.50. The van der Waals surface area contributed by atoms with Crippen molar-refractivity contribution in [2.45, 2.75) is 159 Å². The first-order valence-electron chi connectivity index (χ1n) is 20.9. The molecular formula is C42H64O13. The lowest BCUT2D eigenvalue weighted by atomic mass is 9.59. The molecular weight excluding hydrogens is 712 g/mol. The second-order valence-electron chi connectivity index (χ2n) is 16.9. The summed E-state index contributed by atoms with van der Waals surface area (Å²) in [6, 6.07) is 0. The Morgan fingerprint density at radius 1 is 0.655 bits per heavy atom. The first-order valence-corrected chi connectivity index (χ1v) is 20.9. The average Bonchev–Trinajstić information content (AvgIpc) is 3.19. The van der Waals surface area contributed by atoms with Gasteiger partial charge in [-0.2, -0.15) is 0 Å². The monoisotopic (exact) mass is 776 g/mol. The van der Waals surface area contributed by atoms with E-state index in [1.165, 1.54) is 26.4 Å². The number of rotatable bonds is 17. The molecule has 0 bridgehead atoms. The lowest BCUT2D eigenvalue weighted by molar-refractivity contribution is -0.338. The predicted octanol–water partition coefficient (Wildman–Crippen LogP) is 6.49. The van der Waals surface area contributed by atoms with Crippen LogP contribution in [0.5, 0.6) is 0 Å². The van der Waals surface area contributed by atoms with Gasteiger partial charge in [-0.25, -0.2) is 9.78 Å².